The van der Waals surface area contributed by atoms with E-state index < -0.39 is 5.97 Å². The van der Waals surface area contributed by atoms with Gasteiger partial charge in [-0.3, -0.25) is 9.59 Å². The van der Waals surface area contributed by atoms with E-state index >= 15 is 0 Å². The number of allylic oxidation sites excluding steroid dienone is 16. The molecule has 0 rings (SSSR count). The number of halogens is 2. The van der Waals surface area contributed by atoms with Gasteiger partial charge in [0.05, 0.1) is 0 Å². The van der Waals surface area contributed by atoms with Crippen LogP contribution >= 0.6 is 24.8 Å². The summed E-state index contributed by atoms with van der Waals surface area (Å²) in [5, 5.41) is 8.21. The molecule has 0 aromatic heterocycles. The predicted octanol–water partition coefficient (Wildman–Crippen LogP) is 28.3. The van der Waals surface area contributed by atoms with Crippen molar-refractivity contribution in [3.63, 3.8) is 0 Å². The van der Waals surface area contributed by atoms with Gasteiger partial charge in [0.25, 0.3) is 0 Å². The highest BCUT2D eigenvalue weighted by molar-refractivity contribution is 5.85. The molecule has 0 saturated heterocycles. The average Bonchev–Trinajstić information content (AvgIpc) is 3.39. The first-order chi connectivity index (χ1) is 45.5. The number of rotatable bonds is 70. The van der Waals surface area contributed by atoms with Crippen LogP contribution in [0.4, 0.5) is 0 Å². The molecule has 560 valence electrons. The van der Waals surface area contributed by atoms with E-state index in [4.69, 9.17) is 10.8 Å². The van der Waals surface area contributed by atoms with Gasteiger partial charge in [-0.2, -0.15) is 0 Å². The van der Waals surface area contributed by atoms with Gasteiger partial charge >= 0.3 is 5.97 Å². The minimum Gasteiger partial charge on any atom is -0.481 e. The Morgan fingerprint density at radius 1 is 0.305 bits per heavy atom. The maximum absolute atomic E-state index is 12.7. The fourth-order valence-corrected chi connectivity index (χ4v) is 11.7. The molecule has 0 unspecified atom stereocenters. The molecule has 0 amide bonds. The molecule has 0 aromatic carbocycles. The Morgan fingerprint density at radius 3 is 0.768 bits per heavy atom. The second-order valence-corrected chi connectivity index (χ2v) is 28.1. The van der Waals surface area contributed by atoms with Gasteiger partial charge in [-0.1, -0.05) is 318 Å². The zero-order chi connectivity index (χ0) is 68.5. The molecule has 0 fully saturated rings. The zero-order valence-corrected chi connectivity index (χ0v) is 66.3. The third-order valence-electron chi connectivity index (χ3n) is 17.8. The minimum absolute atomic E-state index is 0. The highest BCUT2D eigenvalue weighted by Gasteiger charge is 2.14. The van der Waals surface area contributed by atoms with Gasteiger partial charge in [-0.15, -0.1) is 24.8 Å². The number of carbonyl (C=O) groups excluding carboxylic acids is 1. The Morgan fingerprint density at radius 2 is 0.526 bits per heavy atom. The minimum atomic E-state index is -0.711. The third-order valence-corrected chi connectivity index (χ3v) is 17.8. The number of Topliss-reactive ketones (excluding diaryl/α,β-unsaturated/α-hetero) is 1. The zero-order valence-electron chi connectivity index (χ0n) is 64.7. The molecule has 0 aliphatic rings. The fourth-order valence-electron chi connectivity index (χ4n) is 11.7. The predicted molar refractivity (Wildman–Crippen MR) is 435 cm³/mol. The van der Waals surface area contributed by atoms with Crippen LogP contribution < -0.4 is 5.73 Å². The average molecular weight is 1370 g/mol. The van der Waals surface area contributed by atoms with E-state index in [1.165, 1.54) is 308 Å². The summed E-state index contributed by atoms with van der Waals surface area (Å²) in [4.78, 5) is 26.9. The van der Waals surface area contributed by atoms with Crippen molar-refractivity contribution in [3.05, 3.63) is 97.2 Å². The number of carboxylic acid groups (broad SMARTS) is 1. The molecule has 3 N–H and O–H groups in total. The van der Waals surface area contributed by atoms with Crippen molar-refractivity contribution in [1.82, 2.24) is 9.80 Å². The smallest absolute Gasteiger partial charge is 0.303 e. The number of carboxylic acids is 1. The molecule has 6 nitrogen and oxygen atoms in total. The van der Waals surface area contributed by atoms with Crippen LogP contribution in [0.5, 0.6) is 0 Å². The molecule has 0 heterocycles. The van der Waals surface area contributed by atoms with E-state index in [1.54, 1.807) is 0 Å². The summed E-state index contributed by atoms with van der Waals surface area (Å²) in [6.45, 7) is 10.9. The number of carbonyl (C=O) groups is 2. The Labute approximate surface area is 607 Å². The molecule has 95 heavy (non-hydrogen) atoms. The third kappa shape index (κ3) is 100. The maximum Gasteiger partial charge on any atom is 0.303 e. The Balaban J connectivity index is -0.000000498. The Hall–Kier alpha value is -2.48. The number of nitrogens with two attached hydrogens (primary N) is 1. The molecule has 0 aliphatic carbocycles. The first-order valence-corrected chi connectivity index (χ1v) is 40.5. The van der Waals surface area contributed by atoms with Crippen LogP contribution in [-0.4, -0.2) is 74.0 Å². The molecule has 0 spiro atoms. The van der Waals surface area contributed by atoms with E-state index in [0.29, 0.717) is 17.7 Å². The Bertz CT molecular complexity index is 1620. The van der Waals surface area contributed by atoms with Crippen molar-refractivity contribution in [3.8, 4) is 0 Å². The lowest BCUT2D eigenvalue weighted by atomic mass is 9.89. The van der Waals surface area contributed by atoms with Crippen molar-refractivity contribution in [2.24, 2.45) is 11.7 Å². The van der Waals surface area contributed by atoms with Crippen molar-refractivity contribution in [2.45, 2.75) is 400 Å². The standard InChI is InChI=1S/C44H81NO.C37H69N.C6H13NO2.2ClH/c1-5-7-9-11-13-15-17-19-21-23-25-27-29-31-33-35-38-43(42-44(46)40-37-41-45(3)4)39-36-34-32-30-28-26-24-22-20-18-16-14-12-10-8-6-2;1-3-5-7-9-11-13-15-17-19-21-23-25-27-29-31-33-35-37(38)36-34-32-30-28-26-24-22-20-18-16-14-12-10-8-6-4-2;1-7(2)5-3-4-6(8)9;;/h13-16,19-22,43H,5-12,17-18,23-42H2,1-4H3;11-14,17-20,37H,3-10,15-16,21-36,38H2,1-2H3;3-5H2,1-2H3,(H,8,9);2*1H/b15-13-,16-14-,21-19-,22-20-;13-11-,14-12-,19-17-,20-18-;;;. The van der Waals surface area contributed by atoms with Crippen LogP contribution in [-0.2, 0) is 9.59 Å². The van der Waals surface area contributed by atoms with Gasteiger partial charge in [0, 0.05) is 25.3 Å². The normalized spacial score (nSPS) is 12.0. The SMILES string of the molecule is CCCCC/C=C\C/C=C\CCCCCCCCC(CCCCCCCC/C=C\C/C=C\CCCCC)CC(=O)CCCN(C)C.CCCCC/C=C\C/C=C\CCCCCCCCC(N)CCCCCCCC/C=C\C/C=C\CCCCC.CN(C)CCCC(=O)O.Cl.Cl. The number of ketones is 1. The van der Waals surface area contributed by atoms with E-state index in [2.05, 4.69) is 144 Å². The van der Waals surface area contributed by atoms with Crippen LogP contribution in [0.15, 0.2) is 97.2 Å². The largest absolute Gasteiger partial charge is 0.481 e. The number of unbranched alkanes of at least 4 members (excludes halogenated alkanes) is 36. The van der Waals surface area contributed by atoms with Crippen molar-refractivity contribution in [1.29, 1.82) is 0 Å². The molecular formula is C87H165Cl2N3O3. The number of nitrogens with zero attached hydrogens (tertiary/aromatic N) is 2. The second-order valence-electron chi connectivity index (χ2n) is 28.1. The summed E-state index contributed by atoms with van der Waals surface area (Å²) in [6.07, 6.45) is 109. The Kier molecular flexibility index (Phi) is 97.5. The quantitative estimate of drug-likeness (QED) is 0.0466. The van der Waals surface area contributed by atoms with Gasteiger partial charge in [0.1, 0.15) is 5.78 Å². The van der Waals surface area contributed by atoms with Crippen LogP contribution in [0.2, 0.25) is 0 Å². The molecule has 0 saturated carbocycles. The number of aliphatic carboxylic acids is 1. The molecular weight excluding hydrogens is 1210 g/mol. The molecule has 0 atom stereocenters. The lowest BCUT2D eigenvalue weighted by molar-refractivity contribution is -0.137. The molecule has 8 heteroatoms. The van der Waals surface area contributed by atoms with E-state index in [1.807, 2.05) is 19.0 Å². The second kappa shape index (κ2) is 91.5. The highest BCUT2D eigenvalue weighted by atomic mass is 35.5. The van der Waals surface area contributed by atoms with Gasteiger partial charge in [0.2, 0.25) is 0 Å². The summed E-state index contributed by atoms with van der Waals surface area (Å²) < 4.78 is 0. The monoisotopic (exact) mass is 1370 g/mol. The van der Waals surface area contributed by atoms with Gasteiger partial charge in [-0.25, -0.2) is 0 Å². The van der Waals surface area contributed by atoms with Gasteiger partial charge in [0.15, 0.2) is 0 Å². The first kappa shape index (κ1) is 101. The van der Waals surface area contributed by atoms with E-state index in [-0.39, 0.29) is 31.2 Å². The van der Waals surface area contributed by atoms with Crippen LogP contribution in [0, 0.1) is 5.92 Å². The van der Waals surface area contributed by atoms with Crippen molar-refractivity contribution < 1.29 is 14.7 Å². The first-order valence-electron chi connectivity index (χ1n) is 40.5. The topological polar surface area (TPSA) is 86.9 Å². The van der Waals surface area contributed by atoms with Crippen LogP contribution in [0.1, 0.15) is 394 Å². The summed E-state index contributed by atoms with van der Waals surface area (Å²) in [5.41, 5.74) is 6.37. The summed E-state index contributed by atoms with van der Waals surface area (Å²) in [6, 6.07) is 0.437. The maximum atomic E-state index is 12.7. The number of hydrogen-bond acceptors (Lipinski definition) is 5. The van der Waals surface area contributed by atoms with E-state index in [9.17, 15) is 9.59 Å². The summed E-state index contributed by atoms with van der Waals surface area (Å²) in [7, 11) is 8.07. The van der Waals surface area contributed by atoms with Crippen molar-refractivity contribution in [2.75, 3.05) is 41.3 Å². The van der Waals surface area contributed by atoms with Crippen molar-refractivity contribution >= 4 is 36.6 Å². The lowest BCUT2D eigenvalue weighted by Crippen LogP contribution is -2.19. The van der Waals surface area contributed by atoms with Gasteiger partial charge in [-0.05, 0) is 201 Å². The van der Waals surface area contributed by atoms with Gasteiger partial charge < -0.3 is 20.6 Å². The molecule has 0 bridgehead atoms. The molecule has 0 aromatic rings. The van der Waals surface area contributed by atoms with E-state index in [0.717, 1.165) is 64.5 Å². The molecule has 0 radical (unpaired) electrons. The van der Waals surface area contributed by atoms with Crippen LogP contribution in [0.3, 0.4) is 0 Å². The summed E-state index contributed by atoms with van der Waals surface area (Å²) in [5.74, 6) is 0.410. The van der Waals surface area contributed by atoms with Crippen LogP contribution in [0.25, 0.3) is 0 Å². The fraction of sp³-hybridized carbons (Fsp3) is 0.793. The summed E-state index contributed by atoms with van der Waals surface area (Å²) >= 11 is 0. The molecule has 0 aliphatic heterocycles. The lowest BCUT2D eigenvalue weighted by Gasteiger charge is -2.17. The highest BCUT2D eigenvalue weighted by Crippen LogP contribution is 2.24. The number of hydrogen-bond donors (Lipinski definition) is 2.